The fraction of sp³-hybridized carbons (Fsp3) is 0.644. The van der Waals surface area contributed by atoms with Crippen LogP contribution in [0.1, 0.15) is 110 Å². The molecule has 3 fully saturated rings. The third kappa shape index (κ3) is 23.6. The molecular weight excluding hydrogens is 1240 g/mol. The number of carbonyl (C=O) groups is 15. The smallest absolute Gasteiger partial charge is 0.326 e. The van der Waals surface area contributed by atoms with Gasteiger partial charge in [0.25, 0.3) is 0 Å². The van der Waals surface area contributed by atoms with Crippen molar-refractivity contribution in [3.63, 3.8) is 0 Å². The first-order valence-corrected chi connectivity index (χ1v) is 31.2. The first-order valence-electron chi connectivity index (χ1n) is 31.2. The molecule has 0 radical (unpaired) electrons. The molecular formula is C59H91N15O20. The molecule has 4 rings (SSSR count). The maximum absolute atomic E-state index is 14.1. The lowest BCUT2D eigenvalue weighted by molar-refractivity contribution is -0.146. The zero-order chi connectivity index (χ0) is 69.9. The average molecular weight is 1330 g/mol. The van der Waals surface area contributed by atoms with Crippen molar-refractivity contribution in [1.29, 1.82) is 0 Å². The lowest BCUT2D eigenvalue weighted by atomic mass is 10.0. The monoisotopic (exact) mass is 1330 g/mol. The number of carboxylic acid groups (broad SMARTS) is 2. The van der Waals surface area contributed by atoms with E-state index in [0.717, 1.165) is 9.80 Å². The second-order valence-electron chi connectivity index (χ2n) is 23.7. The predicted molar refractivity (Wildman–Crippen MR) is 328 cm³/mol. The molecule has 1 aromatic rings. The molecule has 1 aromatic carbocycles. The Bertz CT molecular complexity index is 2870. The van der Waals surface area contributed by atoms with Gasteiger partial charge in [-0.2, -0.15) is 0 Å². The van der Waals surface area contributed by atoms with Gasteiger partial charge in [0.2, 0.25) is 76.8 Å². The number of aliphatic hydroxyl groups is 3. The van der Waals surface area contributed by atoms with Gasteiger partial charge in [-0.1, -0.05) is 44.2 Å². The Morgan fingerprint density at radius 3 is 1.49 bits per heavy atom. The van der Waals surface area contributed by atoms with Gasteiger partial charge in [0.05, 0.1) is 38.8 Å². The maximum atomic E-state index is 14.1. The Morgan fingerprint density at radius 1 is 0.532 bits per heavy atom. The Balaban J connectivity index is 1.39. The number of carboxylic acids is 2. The Kier molecular flexibility index (Phi) is 31.6. The molecule has 94 heavy (non-hydrogen) atoms. The zero-order valence-corrected chi connectivity index (χ0v) is 52.9. The van der Waals surface area contributed by atoms with Crippen LogP contribution in [0, 0.1) is 5.92 Å². The zero-order valence-electron chi connectivity index (χ0n) is 52.9. The summed E-state index contributed by atoms with van der Waals surface area (Å²) in [5.74, 6) is -15.1. The van der Waals surface area contributed by atoms with Gasteiger partial charge in [0.15, 0.2) is 0 Å². The molecule has 522 valence electrons. The standard InChI is InChI=1S/C59H91N15O20/c1-31(2)24-34(61)56(90)72-21-9-16-43(72)55(89)71-39(28-75)49(83)63-27-46(79)65-40(29-76)51(85)69-38(26-47(80)81)58(92)74-23-10-15-42(74)53(87)64-32(3)48(82)68-37(25-33-12-5-4-6-13-33)50(84)70-41(30-77)52(86)66-35(18-19-45(62)78)57(91)73-22-11-17-44(73)54(88)67-36(59(93)94)14-7-8-20-60/h4-6,12-13,31-32,34-44,75-77H,7-11,14-30,60-61H2,1-3H3,(H2,62,78)(H,63,83)(H,64,87)(H,65,79)(H,66,86)(H,67,88)(H,68,82)(H,69,85)(H,70,84)(H,71,89)(H,80,81)(H,93,94)/t32-,34-,35-,36-,37-,38-,39-,40-,41-,42-,43-,44-/m0/s1. The largest absolute Gasteiger partial charge is 0.481 e. The van der Waals surface area contributed by atoms with E-state index in [9.17, 15) is 97.5 Å². The maximum Gasteiger partial charge on any atom is 0.326 e. The SMILES string of the molecule is CC(C)C[C@H](N)C(=O)N1CCC[C@H]1C(=O)N[C@@H](CO)C(=O)NCC(=O)N[C@@H](CO)C(=O)N[C@@H](CC(=O)O)C(=O)N1CCC[C@H]1C(=O)N[C@@H](C)C(=O)N[C@@H](Cc1ccccc1)C(=O)N[C@@H](CO)C(=O)N[C@@H](CCC(N)=O)C(=O)N1CCC[C@H]1C(=O)N[C@@H](CCCCN)C(=O)O. The van der Waals surface area contributed by atoms with Gasteiger partial charge in [0, 0.05) is 32.5 Å². The molecule has 0 aliphatic carbocycles. The van der Waals surface area contributed by atoms with Crippen LogP contribution in [0.25, 0.3) is 0 Å². The molecule has 35 heteroatoms. The van der Waals surface area contributed by atoms with Crippen molar-refractivity contribution < 1.29 is 97.5 Å². The minimum atomic E-state index is -1.91. The van der Waals surface area contributed by atoms with E-state index in [4.69, 9.17) is 17.2 Å². The van der Waals surface area contributed by atoms with Gasteiger partial charge >= 0.3 is 11.9 Å². The number of primary amides is 1. The number of unbranched alkanes of at least 4 members (excludes halogenated alkanes) is 1. The number of carbonyl (C=O) groups excluding carboxylic acids is 13. The van der Waals surface area contributed by atoms with Crippen molar-refractivity contribution in [3.05, 3.63) is 35.9 Å². The predicted octanol–water partition coefficient (Wildman–Crippen LogP) is -7.48. The van der Waals surface area contributed by atoms with E-state index in [0.29, 0.717) is 44.2 Å². The third-order valence-corrected chi connectivity index (χ3v) is 16.0. The quantitative estimate of drug-likeness (QED) is 0.0274. The molecule has 3 aliphatic rings. The van der Waals surface area contributed by atoms with Crippen LogP contribution in [0.5, 0.6) is 0 Å². The molecule has 0 aromatic heterocycles. The molecule has 0 unspecified atom stereocenters. The van der Waals surface area contributed by atoms with Crippen molar-refractivity contribution in [3.8, 4) is 0 Å². The fourth-order valence-corrected chi connectivity index (χ4v) is 11.0. The number of benzene rings is 1. The molecule has 20 N–H and O–H groups in total. The summed E-state index contributed by atoms with van der Waals surface area (Å²) >= 11 is 0. The van der Waals surface area contributed by atoms with Crippen molar-refractivity contribution in [2.45, 2.75) is 183 Å². The van der Waals surface area contributed by atoms with Crippen molar-refractivity contribution in [1.82, 2.24) is 62.6 Å². The van der Waals surface area contributed by atoms with Gasteiger partial charge < -0.3 is 105 Å². The summed E-state index contributed by atoms with van der Waals surface area (Å²) in [6.07, 6.45) is 0.496. The number of likely N-dealkylation sites (tertiary alicyclic amines) is 3. The Hall–Kier alpha value is -8.93. The summed E-state index contributed by atoms with van der Waals surface area (Å²) in [5, 5.41) is 71.0. The molecule has 3 saturated heterocycles. The molecule has 13 amide bonds. The molecule has 0 saturated carbocycles. The molecule has 0 bridgehead atoms. The van der Waals surface area contributed by atoms with Gasteiger partial charge in [-0.25, -0.2) is 4.79 Å². The first kappa shape index (κ1) is 77.5. The molecule has 3 aliphatic heterocycles. The highest BCUT2D eigenvalue weighted by atomic mass is 16.4. The first-order chi connectivity index (χ1) is 44.5. The van der Waals surface area contributed by atoms with E-state index in [1.165, 1.54) is 11.8 Å². The number of nitrogens with zero attached hydrogens (tertiary/aromatic N) is 3. The van der Waals surface area contributed by atoms with Gasteiger partial charge in [-0.05, 0) is 95.6 Å². The van der Waals surface area contributed by atoms with Crippen LogP contribution in [0.15, 0.2) is 30.3 Å². The number of nitrogens with two attached hydrogens (primary N) is 3. The van der Waals surface area contributed by atoms with E-state index in [-0.39, 0.29) is 64.1 Å². The number of hydrogen-bond donors (Lipinski definition) is 17. The second-order valence-corrected chi connectivity index (χ2v) is 23.7. The van der Waals surface area contributed by atoms with Crippen LogP contribution in [0.4, 0.5) is 0 Å². The summed E-state index contributed by atoms with van der Waals surface area (Å²) in [6.45, 7) is 1.38. The number of amides is 13. The van der Waals surface area contributed by atoms with Crippen LogP contribution in [-0.2, 0) is 78.3 Å². The number of hydrogen-bond acceptors (Lipinski definition) is 20. The minimum Gasteiger partial charge on any atom is -0.481 e. The lowest BCUT2D eigenvalue weighted by Gasteiger charge is -2.30. The molecule has 35 nitrogen and oxygen atoms in total. The van der Waals surface area contributed by atoms with Crippen molar-refractivity contribution in [2.75, 3.05) is 52.5 Å². The van der Waals surface area contributed by atoms with Crippen molar-refractivity contribution >= 4 is 88.7 Å². The van der Waals surface area contributed by atoms with Crippen LogP contribution < -0.4 is 65.1 Å². The summed E-state index contributed by atoms with van der Waals surface area (Å²) in [6, 6.07) is -9.29. The topological polar surface area (TPSA) is 553 Å². The minimum absolute atomic E-state index is 0.00344. The van der Waals surface area contributed by atoms with Gasteiger partial charge in [-0.3, -0.25) is 67.1 Å². The highest BCUT2D eigenvalue weighted by molar-refractivity contribution is 6.00. The van der Waals surface area contributed by atoms with E-state index in [1.807, 2.05) is 13.8 Å². The van der Waals surface area contributed by atoms with E-state index in [1.54, 1.807) is 30.3 Å². The lowest BCUT2D eigenvalue weighted by Crippen LogP contribution is -2.61. The second kappa shape index (κ2) is 38.3. The number of rotatable bonds is 38. The van der Waals surface area contributed by atoms with Crippen LogP contribution in [0.3, 0.4) is 0 Å². The fourth-order valence-electron chi connectivity index (χ4n) is 11.0. The number of aliphatic carboxylic acids is 2. The van der Waals surface area contributed by atoms with Gasteiger partial charge in [0.1, 0.15) is 66.5 Å². The normalized spacial score (nSPS) is 18.9. The van der Waals surface area contributed by atoms with Crippen molar-refractivity contribution in [2.24, 2.45) is 23.1 Å². The number of aliphatic hydroxyl groups excluding tert-OH is 3. The molecule has 3 heterocycles. The van der Waals surface area contributed by atoms with Gasteiger partial charge in [-0.15, -0.1) is 0 Å². The Morgan fingerprint density at radius 2 is 0.989 bits per heavy atom. The van der Waals surface area contributed by atoms with E-state index < -0.39 is 207 Å². The summed E-state index contributed by atoms with van der Waals surface area (Å²) in [5.41, 5.74) is 17.5. The number of nitrogens with one attached hydrogen (secondary N) is 9. The summed E-state index contributed by atoms with van der Waals surface area (Å²) in [4.78, 5) is 202. The Labute approximate surface area is 541 Å². The highest BCUT2D eigenvalue weighted by Gasteiger charge is 2.43. The summed E-state index contributed by atoms with van der Waals surface area (Å²) < 4.78 is 0. The highest BCUT2D eigenvalue weighted by Crippen LogP contribution is 2.23. The van der Waals surface area contributed by atoms with Crippen LogP contribution in [0.2, 0.25) is 0 Å². The van der Waals surface area contributed by atoms with Crippen LogP contribution in [-0.4, -0.2) is 254 Å². The third-order valence-electron chi connectivity index (χ3n) is 16.0. The molecule has 12 atom stereocenters. The van der Waals surface area contributed by atoms with E-state index >= 15 is 0 Å². The average Bonchev–Trinajstić information content (AvgIpc) is 1.63. The summed E-state index contributed by atoms with van der Waals surface area (Å²) in [7, 11) is 0. The van der Waals surface area contributed by atoms with Crippen LogP contribution >= 0.6 is 0 Å². The molecule has 0 spiro atoms. The van der Waals surface area contributed by atoms with E-state index in [2.05, 4.69) is 47.9 Å².